The molecule has 1 fully saturated rings. The number of aliphatic imine (C=N–C) groups is 1. The van der Waals surface area contributed by atoms with Crippen LogP contribution in [-0.2, 0) is 9.53 Å². The highest BCUT2D eigenvalue weighted by Crippen LogP contribution is 2.30. The molecule has 2 aliphatic heterocycles. The summed E-state index contributed by atoms with van der Waals surface area (Å²) in [6, 6.07) is 1.61. The number of likely N-dealkylation sites (tertiary alicyclic amines) is 1. The predicted octanol–water partition coefficient (Wildman–Crippen LogP) is 1.84. The number of hydrogen-bond donors (Lipinski definition) is 0. The second-order valence-corrected chi connectivity index (χ2v) is 5.13. The molecular weight excluding hydrogens is 236 g/mol. The minimum atomic E-state index is -0.386. The number of carbonyl (C=O) groups excluding carboxylic acids is 1. The van der Waals surface area contributed by atoms with E-state index in [0.29, 0.717) is 0 Å². The second kappa shape index (κ2) is 4.49. The fraction of sp³-hybridized carbons (Fsp3) is 0.500. The van der Waals surface area contributed by atoms with Gasteiger partial charge in [0.1, 0.15) is 0 Å². The Morgan fingerprint density at radius 1 is 1.47 bits per heavy atom. The van der Waals surface area contributed by atoms with Crippen molar-refractivity contribution in [3.8, 4) is 0 Å². The highest BCUT2D eigenvalue weighted by Gasteiger charge is 2.37. The molecule has 17 heavy (non-hydrogen) atoms. The molecule has 0 N–H and O–H groups in total. The summed E-state index contributed by atoms with van der Waals surface area (Å²) in [5.41, 5.74) is 1.05. The van der Waals surface area contributed by atoms with Crippen molar-refractivity contribution >= 4 is 23.6 Å². The van der Waals surface area contributed by atoms with Gasteiger partial charge in [0.2, 0.25) is 0 Å². The Labute approximate surface area is 104 Å². The molecule has 2 aliphatic rings. The first kappa shape index (κ1) is 10.8. The van der Waals surface area contributed by atoms with E-state index < -0.39 is 0 Å². The summed E-state index contributed by atoms with van der Waals surface area (Å²) in [5, 5.41) is 4.01. The van der Waals surface area contributed by atoms with Gasteiger partial charge in [-0.1, -0.05) is 0 Å². The fourth-order valence-corrected chi connectivity index (χ4v) is 3.02. The maximum atomic E-state index is 12.3. The van der Waals surface area contributed by atoms with Crippen LogP contribution in [0, 0.1) is 0 Å². The Bertz CT molecular complexity index is 424. The molecule has 3 rings (SSSR count). The maximum absolute atomic E-state index is 12.3. The van der Waals surface area contributed by atoms with Crippen LogP contribution in [0.15, 0.2) is 21.8 Å². The van der Waals surface area contributed by atoms with Crippen LogP contribution in [0.4, 0.5) is 0 Å². The van der Waals surface area contributed by atoms with Gasteiger partial charge >= 0.3 is 0 Å². The molecule has 5 heteroatoms. The third-order valence-electron chi connectivity index (χ3n) is 3.26. The number of rotatable bonds is 2. The lowest BCUT2D eigenvalue weighted by atomic mass is 10.1. The first-order valence-electron chi connectivity index (χ1n) is 5.84. The summed E-state index contributed by atoms with van der Waals surface area (Å²) in [6.07, 6.45) is 3.40. The number of ether oxygens (including phenoxy) is 1. The molecule has 0 saturated carbocycles. The van der Waals surface area contributed by atoms with Crippen molar-refractivity contribution < 1.29 is 9.53 Å². The van der Waals surface area contributed by atoms with E-state index in [9.17, 15) is 4.79 Å². The summed E-state index contributed by atoms with van der Waals surface area (Å²) in [5.74, 6) is 0.104. The van der Waals surface area contributed by atoms with Gasteiger partial charge in [0.15, 0.2) is 18.5 Å². The normalized spacial score (nSPS) is 27.4. The molecule has 3 heterocycles. The van der Waals surface area contributed by atoms with E-state index in [0.717, 1.165) is 31.5 Å². The lowest BCUT2D eigenvalue weighted by molar-refractivity contribution is -0.133. The van der Waals surface area contributed by atoms with Crippen LogP contribution in [0.2, 0.25) is 0 Å². The van der Waals surface area contributed by atoms with Crippen molar-refractivity contribution in [3.63, 3.8) is 0 Å². The van der Waals surface area contributed by atoms with E-state index in [-0.39, 0.29) is 18.1 Å². The van der Waals surface area contributed by atoms with Gasteiger partial charge in [-0.3, -0.25) is 4.79 Å². The standard InChI is InChI=1S/C12H14N2O2S/c15-12(14-4-1-2-5-14)10-11(16-8-13-10)9-3-6-17-7-9/h3,6-8,10-11H,1-2,4-5H2/t10-,11+/m0/s1. The molecule has 1 amide bonds. The van der Waals surface area contributed by atoms with Crippen LogP contribution in [0.5, 0.6) is 0 Å². The van der Waals surface area contributed by atoms with Crippen LogP contribution in [0.25, 0.3) is 0 Å². The summed E-state index contributed by atoms with van der Waals surface area (Å²) >= 11 is 1.61. The minimum Gasteiger partial charge on any atom is -0.473 e. The number of hydrogen-bond acceptors (Lipinski definition) is 4. The molecule has 0 spiro atoms. The summed E-state index contributed by atoms with van der Waals surface area (Å²) in [6.45, 7) is 1.72. The van der Waals surface area contributed by atoms with Gasteiger partial charge in [0, 0.05) is 18.7 Å². The van der Waals surface area contributed by atoms with Gasteiger partial charge in [0.25, 0.3) is 5.91 Å². The van der Waals surface area contributed by atoms with E-state index in [1.807, 2.05) is 21.7 Å². The zero-order chi connectivity index (χ0) is 11.7. The number of amides is 1. The lowest BCUT2D eigenvalue weighted by Gasteiger charge is -2.21. The van der Waals surface area contributed by atoms with E-state index in [1.54, 1.807) is 11.3 Å². The molecule has 1 aromatic rings. The van der Waals surface area contributed by atoms with Crippen LogP contribution in [-0.4, -0.2) is 36.3 Å². The molecule has 0 unspecified atom stereocenters. The first-order chi connectivity index (χ1) is 8.36. The third kappa shape index (κ3) is 1.95. The van der Waals surface area contributed by atoms with Gasteiger partial charge in [-0.05, 0) is 29.7 Å². The van der Waals surface area contributed by atoms with Crippen molar-refractivity contribution in [2.45, 2.75) is 25.0 Å². The Morgan fingerprint density at radius 2 is 2.29 bits per heavy atom. The highest BCUT2D eigenvalue weighted by atomic mass is 32.1. The van der Waals surface area contributed by atoms with Crippen molar-refractivity contribution in [1.82, 2.24) is 4.90 Å². The number of nitrogens with zero attached hydrogens (tertiary/aromatic N) is 2. The molecule has 4 nitrogen and oxygen atoms in total. The average molecular weight is 250 g/mol. The van der Waals surface area contributed by atoms with Gasteiger partial charge in [-0.15, -0.1) is 0 Å². The van der Waals surface area contributed by atoms with E-state index in [4.69, 9.17) is 4.74 Å². The Hall–Kier alpha value is -1.36. The molecule has 0 aliphatic carbocycles. The second-order valence-electron chi connectivity index (χ2n) is 4.35. The zero-order valence-electron chi connectivity index (χ0n) is 9.41. The monoisotopic (exact) mass is 250 g/mol. The van der Waals surface area contributed by atoms with Crippen molar-refractivity contribution in [2.24, 2.45) is 4.99 Å². The van der Waals surface area contributed by atoms with Gasteiger partial charge in [0.05, 0.1) is 0 Å². The van der Waals surface area contributed by atoms with Crippen LogP contribution >= 0.6 is 11.3 Å². The van der Waals surface area contributed by atoms with Crippen molar-refractivity contribution in [3.05, 3.63) is 22.4 Å². The number of thiophene rings is 1. The SMILES string of the molecule is O=C([C@H]1N=CO[C@@H]1c1ccsc1)N1CCCC1. The molecular formula is C12H14N2O2S. The minimum absolute atomic E-state index is 0.104. The maximum Gasteiger partial charge on any atom is 0.251 e. The fourth-order valence-electron chi connectivity index (χ4n) is 2.33. The molecule has 0 bridgehead atoms. The largest absolute Gasteiger partial charge is 0.473 e. The van der Waals surface area contributed by atoms with E-state index >= 15 is 0 Å². The molecule has 1 saturated heterocycles. The molecule has 90 valence electrons. The zero-order valence-corrected chi connectivity index (χ0v) is 10.2. The molecule has 0 aromatic carbocycles. The Balaban J connectivity index is 1.77. The highest BCUT2D eigenvalue weighted by molar-refractivity contribution is 7.07. The van der Waals surface area contributed by atoms with Crippen molar-refractivity contribution in [2.75, 3.05) is 13.1 Å². The summed E-state index contributed by atoms with van der Waals surface area (Å²) in [7, 11) is 0. The van der Waals surface area contributed by atoms with Crippen LogP contribution in [0.3, 0.4) is 0 Å². The molecule has 0 radical (unpaired) electrons. The number of carbonyl (C=O) groups is 1. The summed E-state index contributed by atoms with van der Waals surface area (Å²) in [4.78, 5) is 18.4. The van der Waals surface area contributed by atoms with Crippen molar-refractivity contribution in [1.29, 1.82) is 0 Å². The molecule has 1 aromatic heterocycles. The Kier molecular flexibility index (Phi) is 2.84. The topological polar surface area (TPSA) is 41.9 Å². The third-order valence-corrected chi connectivity index (χ3v) is 3.96. The van der Waals surface area contributed by atoms with Gasteiger partial charge in [-0.25, -0.2) is 4.99 Å². The quantitative estimate of drug-likeness (QED) is 0.803. The lowest BCUT2D eigenvalue weighted by Crippen LogP contribution is -2.38. The average Bonchev–Trinajstić information content (AvgIpc) is 3.09. The van der Waals surface area contributed by atoms with Crippen LogP contribution < -0.4 is 0 Å². The summed E-state index contributed by atoms with van der Waals surface area (Å²) < 4.78 is 5.46. The van der Waals surface area contributed by atoms with Gasteiger partial charge < -0.3 is 9.64 Å². The predicted molar refractivity (Wildman–Crippen MR) is 66.2 cm³/mol. The van der Waals surface area contributed by atoms with E-state index in [2.05, 4.69) is 4.99 Å². The molecule has 2 atom stereocenters. The Morgan fingerprint density at radius 3 is 3.00 bits per heavy atom. The smallest absolute Gasteiger partial charge is 0.251 e. The van der Waals surface area contributed by atoms with Crippen LogP contribution in [0.1, 0.15) is 24.5 Å². The van der Waals surface area contributed by atoms with Gasteiger partial charge in [-0.2, -0.15) is 11.3 Å². The first-order valence-corrected chi connectivity index (χ1v) is 6.78. The van der Waals surface area contributed by atoms with E-state index in [1.165, 1.54) is 6.40 Å².